The van der Waals surface area contributed by atoms with Crippen molar-refractivity contribution in [2.45, 2.75) is 0 Å². The van der Waals surface area contributed by atoms with Crippen LogP contribution in [0.3, 0.4) is 0 Å². The second-order valence-corrected chi connectivity index (χ2v) is 5.53. The Bertz CT molecular complexity index is 1030. The molecule has 3 aromatic carbocycles. The molecule has 0 aliphatic heterocycles. The van der Waals surface area contributed by atoms with E-state index in [-0.39, 0.29) is 5.57 Å². The zero-order valence-electron chi connectivity index (χ0n) is 14.0. The lowest BCUT2D eigenvalue weighted by Crippen LogP contribution is -2.13. The number of hydrogen-bond acceptors (Lipinski definition) is 3. The van der Waals surface area contributed by atoms with Gasteiger partial charge in [-0.15, -0.1) is 0 Å². The fourth-order valence-electron chi connectivity index (χ4n) is 2.63. The van der Waals surface area contributed by atoms with Crippen LogP contribution in [-0.4, -0.2) is 13.0 Å². The van der Waals surface area contributed by atoms with E-state index in [1.807, 2.05) is 36.4 Å². The maximum absolute atomic E-state index is 13.0. The minimum Gasteiger partial charge on any atom is -0.496 e. The largest absolute Gasteiger partial charge is 0.496 e. The number of methoxy groups -OCH3 is 1. The van der Waals surface area contributed by atoms with Crippen molar-refractivity contribution in [3.05, 3.63) is 77.6 Å². The Balaban J connectivity index is 2.01. The van der Waals surface area contributed by atoms with Gasteiger partial charge in [0.05, 0.1) is 7.11 Å². The van der Waals surface area contributed by atoms with Crippen LogP contribution in [-0.2, 0) is 4.79 Å². The van der Waals surface area contributed by atoms with Crippen LogP contribution < -0.4 is 10.1 Å². The number of rotatable bonds is 4. The third-order valence-corrected chi connectivity index (χ3v) is 3.91. The van der Waals surface area contributed by atoms with E-state index in [0.717, 1.165) is 10.8 Å². The Morgan fingerprint density at radius 2 is 1.85 bits per heavy atom. The fraction of sp³-hybridized carbons (Fsp3) is 0.0476. The zero-order valence-corrected chi connectivity index (χ0v) is 14.0. The van der Waals surface area contributed by atoms with Crippen molar-refractivity contribution in [1.29, 1.82) is 5.26 Å². The number of nitrogens with zero attached hydrogens (tertiary/aromatic N) is 1. The summed E-state index contributed by atoms with van der Waals surface area (Å²) in [7, 11) is 1.53. The van der Waals surface area contributed by atoms with Crippen LogP contribution in [0.15, 0.2) is 66.2 Å². The van der Waals surface area contributed by atoms with E-state index in [1.54, 1.807) is 6.07 Å². The smallest absolute Gasteiger partial charge is 0.266 e. The van der Waals surface area contributed by atoms with Gasteiger partial charge in [-0.3, -0.25) is 4.79 Å². The summed E-state index contributed by atoms with van der Waals surface area (Å²) in [6.45, 7) is 0. The van der Waals surface area contributed by atoms with Gasteiger partial charge in [0.15, 0.2) is 0 Å². The van der Waals surface area contributed by atoms with Gasteiger partial charge in [0.25, 0.3) is 5.91 Å². The first-order valence-electron chi connectivity index (χ1n) is 7.87. The van der Waals surface area contributed by atoms with E-state index in [0.29, 0.717) is 17.0 Å². The number of benzene rings is 3. The zero-order chi connectivity index (χ0) is 18.5. The van der Waals surface area contributed by atoms with Gasteiger partial charge in [-0.1, -0.05) is 30.3 Å². The van der Waals surface area contributed by atoms with E-state index < -0.39 is 11.7 Å². The van der Waals surface area contributed by atoms with E-state index in [1.165, 1.54) is 37.5 Å². The Morgan fingerprint density at radius 1 is 1.12 bits per heavy atom. The number of carbonyl (C=O) groups is 1. The van der Waals surface area contributed by atoms with Crippen molar-refractivity contribution in [2.24, 2.45) is 0 Å². The maximum Gasteiger partial charge on any atom is 0.266 e. The first kappa shape index (κ1) is 17.2. The maximum atomic E-state index is 13.0. The quantitative estimate of drug-likeness (QED) is 0.557. The van der Waals surface area contributed by atoms with Crippen molar-refractivity contribution >= 4 is 28.4 Å². The summed E-state index contributed by atoms with van der Waals surface area (Å²) in [5, 5.41) is 13.9. The van der Waals surface area contributed by atoms with Crippen LogP contribution in [0, 0.1) is 17.1 Å². The normalized spacial score (nSPS) is 11.0. The van der Waals surface area contributed by atoms with Gasteiger partial charge in [0, 0.05) is 11.3 Å². The van der Waals surface area contributed by atoms with Gasteiger partial charge in [0.2, 0.25) is 0 Å². The summed E-state index contributed by atoms with van der Waals surface area (Å²) in [4.78, 5) is 12.4. The number of amides is 1. The highest BCUT2D eigenvalue weighted by molar-refractivity contribution is 6.11. The molecular weight excluding hydrogens is 331 g/mol. The monoisotopic (exact) mass is 346 g/mol. The van der Waals surface area contributed by atoms with E-state index in [2.05, 4.69) is 5.32 Å². The number of anilines is 1. The van der Waals surface area contributed by atoms with Gasteiger partial charge >= 0.3 is 0 Å². The Labute approximate surface area is 150 Å². The summed E-state index contributed by atoms with van der Waals surface area (Å²) in [5.41, 5.74) is 0.975. The average molecular weight is 346 g/mol. The second-order valence-electron chi connectivity index (χ2n) is 5.53. The van der Waals surface area contributed by atoms with Crippen molar-refractivity contribution in [1.82, 2.24) is 0 Å². The summed E-state index contributed by atoms with van der Waals surface area (Å²) >= 11 is 0. The van der Waals surface area contributed by atoms with Crippen molar-refractivity contribution in [2.75, 3.05) is 12.4 Å². The molecule has 0 atom stereocenters. The number of halogens is 1. The number of hydrogen-bond donors (Lipinski definition) is 1. The number of carbonyl (C=O) groups excluding carboxylic acids is 1. The molecule has 0 spiro atoms. The summed E-state index contributed by atoms with van der Waals surface area (Å²) in [5.74, 6) is -0.417. The highest BCUT2D eigenvalue weighted by atomic mass is 19.1. The van der Waals surface area contributed by atoms with Crippen LogP contribution in [0.4, 0.5) is 10.1 Å². The molecule has 0 aliphatic rings. The van der Waals surface area contributed by atoms with Crippen LogP contribution in [0.5, 0.6) is 5.75 Å². The molecule has 3 aromatic rings. The van der Waals surface area contributed by atoms with Crippen LogP contribution in [0.25, 0.3) is 16.8 Å². The lowest BCUT2D eigenvalue weighted by atomic mass is 10.0. The molecule has 0 saturated heterocycles. The molecule has 3 rings (SSSR count). The van der Waals surface area contributed by atoms with E-state index in [4.69, 9.17) is 4.74 Å². The predicted molar refractivity (Wildman–Crippen MR) is 99.1 cm³/mol. The molecule has 5 heteroatoms. The minimum atomic E-state index is -0.575. The molecule has 1 N–H and O–H groups in total. The van der Waals surface area contributed by atoms with Crippen LogP contribution in [0.2, 0.25) is 0 Å². The van der Waals surface area contributed by atoms with Crippen LogP contribution >= 0.6 is 0 Å². The Hall–Kier alpha value is -3.65. The highest BCUT2D eigenvalue weighted by Gasteiger charge is 2.13. The lowest BCUT2D eigenvalue weighted by Gasteiger charge is -2.10. The molecule has 0 aliphatic carbocycles. The van der Waals surface area contributed by atoms with Gasteiger partial charge in [-0.05, 0) is 47.2 Å². The molecule has 0 saturated carbocycles. The Kier molecular flexibility index (Phi) is 4.95. The molecule has 128 valence electrons. The molecule has 1 amide bonds. The summed E-state index contributed by atoms with van der Waals surface area (Å²) < 4.78 is 18.4. The average Bonchev–Trinajstić information content (AvgIpc) is 2.67. The fourth-order valence-corrected chi connectivity index (χ4v) is 2.63. The second kappa shape index (κ2) is 7.49. The molecule has 4 nitrogen and oxygen atoms in total. The molecule has 0 bridgehead atoms. The molecule has 26 heavy (non-hydrogen) atoms. The summed E-state index contributed by atoms with van der Waals surface area (Å²) in [6.07, 6.45) is 1.50. The first-order valence-corrected chi connectivity index (χ1v) is 7.87. The topological polar surface area (TPSA) is 62.1 Å². The molecule has 0 aromatic heterocycles. The predicted octanol–water partition coefficient (Wildman–Crippen LogP) is 4.53. The molecular formula is C21H15FN2O2. The SMILES string of the molecule is COc1ccc2ccccc2c1/C=C(/C#N)C(=O)Nc1ccc(F)cc1. The molecule has 0 heterocycles. The van der Waals surface area contributed by atoms with Gasteiger partial charge in [-0.25, -0.2) is 4.39 Å². The number of nitriles is 1. The van der Waals surface area contributed by atoms with E-state index >= 15 is 0 Å². The van der Waals surface area contributed by atoms with Crippen molar-refractivity contribution < 1.29 is 13.9 Å². The van der Waals surface area contributed by atoms with Crippen molar-refractivity contribution in [3.8, 4) is 11.8 Å². The van der Waals surface area contributed by atoms with Gasteiger partial charge < -0.3 is 10.1 Å². The van der Waals surface area contributed by atoms with E-state index in [9.17, 15) is 14.4 Å². The van der Waals surface area contributed by atoms with Gasteiger partial charge in [-0.2, -0.15) is 5.26 Å². The standard InChI is InChI=1S/C21H15FN2O2/c1-26-20-11-6-14-4-2-3-5-18(14)19(20)12-15(13-23)21(25)24-17-9-7-16(22)8-10-17/h2-12H,1H3,(H,24,25)/b15-12-. The number of nitrogens with one attached hydrogen (secondary N) is 1. The lowest BCUT2D eigenvalue weighted by molar-refractivity contribution is -0.112. The molecule has 0 unspecified atom stereocenters. The van der Waals surface area contributed by atoms with Crippen molar-refractivity contribution in [3.63, 3.8) is 0 Å². The molecule has 0 fully saturated rings. The number of fused-ring (bicyclic) bond motifs is 1. The summed E-state index contributed by atoms with van der Waals surface area (Å²) in [6, 6.07) is 18.6. The molecule has 0 radical (unpaired) electrons. The Morgan fingerprint density at radius 3 is 2.54 bits per heavy atom. The van der Waals surface area contributed by atoms with Crippen LogP contribution in [0.1, 0.15) is 5.56 Å². The number of ether oxygens (including phenoxy) is 1. The third kappa shape index (κ3) is 3.55. The first-order chi connectivity index (χ1) is 12.6. The third-order valence-electron chi connectivity index (χ3n) is 3.91. The highest BCUT2D eigenvalue weighted by Crippen LogP contribution is 2.30. The minimum absolute atomic E-state index is 0.0796. The van der Waals surface area contributed by atoms with Gasteiger partial charge in [0.1, 0.15) is 23.2 Å².